The van der Waals surface area contributed by atoms with Crippen molar-refractivity contribution >= 4 is 68.2 Å². The van der Waals surface area contributed by atoms with Gasteiger partial charge in [-0.1, -0.05) is 48.5 Å². The number of hydrogen-bond donors (Lipinski definition) is 4. The first-order chi connectivity index (χ1) is 25.4. The van der Waals surface area contributed by atoms with Crippen LogP contribution in [0, 0.1) is 0 Å². The Morgan fingerprint density at radius 3 is 1.64 bits per heavy atom. The molecule has 290 valence electrons. The van der Waals surface area contributed by atoms with Crippen LogP contribution >= 0.6 is 0 Å². The van der Waals surface area contributed by atoms with Gasteiger partial charge < -0.3 is 40.4 Å². The molecular weight excluding hydrogens is 779 g/mol. The number of anilines is 1. The summed E-state index contributed by atoms with van der Waals surface area (Å²) in [6.45, 7) is 2.01. The molecule has 0 atom stereocenters. The number of esters is 1. The molecule has 0 saturated heterocycles. The van der Waals surface area contributed by atoms with E-state index in [1.165, 1.54) is 38.3 Å². The molecule has 0 radical (unpaired) electrons. The number of methoxy groups -OCH3 is 1. The number of Topliss-reactive ketones (excluding diaryl/α,β-unsaturated/α-hetero) is 1. The Hall–Kier alpha value is -3.88. The van der Waals surface area contributed by atoms with Gasteiger partial charge in [-0.3, -0.25) is 14.4 Å². The van der Waals surface area contributed by atoms with Crippen molar-refractivity contribution in [2.45, 2.75) is 60.7 Å². The van der Waals surface area contributed by atoms with Crippen LogP contribution in [0.5, 0.6) is 0 Å². The quantitative estimate of drug-likeness (QED) is 0.0662. The van der Waals surface area contributed by atoms with Gasteiger partial charge in [-0.25, -0.2) is 16.8 Å². The Morgan fingerprint density at radius 2 is 1.18 bits per heavy atom. The van der Waals surface area contributed by atoms with Gasteiger partial charge in [0.25, 0.3) is 0 Å². The van der Waals surface area contributed by atoms with Crippen LogP contribution in [0.3, 0.4) is 0 Å². The molecule has 0 fully saturated rings. The summed E-state index contributed by atoms with van der Waals surface area (Å²) in [5, 5.41) is 28.6. The third-order valence-corrected chi connectivity index (χ3v) is 12.3. The van der Waals surface area contributed by atoms with Crippen molar-refractivity contribution < 1.29 is 95.5 Å². The number of fused-ring (bicyclic) bond motifs is 2. The van der Waals surface area contributed by atoms with Gasteiger partial charge in [0.1, 0.15) is 5.78 Å². The van der Waals surface area contributed by atoms with Crippen molar-refractivity contribution in [3.05, 3.63) is 112 Å². The van der Waals surface area contributed by atoms with E-state index in [0.717, 1.165) is 11.1 Å². The Bertz CT molecular complexity index is 2340. The summed E-state index contributed by atoms with van der Waals surface area (Å²) in [5.74, 6) is -2.39. The molecule has 0 amide bonds. The molecule has 2 aliphatic heterocycles. The largest absolute Gasteiger partial charge is 1.00 e. The summed E-state index contributed by atoms with van der Waals surface area (Å²) in [6.07, 6.45) is -0.499. The second-order valence-electron chi connectivity index (χ2n) is 12.9. The number of carboxylic acid groups (broad SMARTS) is 1. The molecule has 0 aliphatic carbocycles. The van der Waals surface area contributed by atoms with Gasteiger partial charge >= 0.3 is 55.7 Å². The molecule has 0 aromatic heterocycles. The average Bonchev–Trinajstić information content (AvgIpc) is 3.65. The van der Waals surface area contributed by atoms with E-state index >= 15 is 0 Å². The van der Waals surface area contributed by atoms with E-state index in [1.807, 2.05) is 0 Å². The molecule has 4 aromatic carbocycles. The monoisotopic (exact) mass is 817 g/mol. The van der Waals surface area contributed by atoms with Crippen molar-refractivity contribution in [1.82, 2.24) is 0 Å². The van der Waals surface area contributed by atoms with Crippen LogP contribution in [0.25, 0.3) is 0 Å². The smallest absolute Gasteiger partial charge is 0.870 e. The summed E-state index contributed by atoms with van der Waals surface area (Å²) in [4.78, 5) is 34.2. The first-order valence-corrected chi connectivity index (χ1v) is 19.8. The summed E-state index contributed by atoms with van der Waals surface area (Å²) >= 11 is 0. The van der Waals surface area contributed by atoms with Gasteiger partial charge in [0, 0.05) is 12.1 Å². The van der Waals surface area contributed by atoms with E-state index in [0.29, 0.717) is 38.9 Å². The molecule has 6 rings (SSSR count). The maximum atomic E-state index is 13.1. The molecule has 56 heavy (non-hydrogen) atoms. The van der Waals surface area contributed by atoms with Crippen LogP contribution < -0.4 is 46.2 Å². The van der Waals surface area contributed by atoms with Crippen LogP contribution in [0.4, 0.5) is 5.69 Å². The van der Waals surface area contributed by atoms with Crippen molar-refractivity contribution in [3.8, 4) is 0 Å². The Balaban J connectivity index is 0.000000293. The van der Waals surface area contributed by atoms with E-state index in [9.17, 15) is 41.3 Å². The predicted molar refractivity (Wildman–Crippen MR) is 200 cm³/mol. The number of sulfone groups is 2. The number of nitrogen functional groups attached to an aromatic ring is 1. The van der Waals surface area contributed by atoms with Gasteiger partial charge in [0.15, 0.2) is 19.7 Å². The van der Waals surface area contributed by atoms with E-state index < -0.39 is 52.3 Å². The van der Waals surface area contributed by atoms with Crippen molar-refractivity contribution in [1.29, 1.82) is 0 Å². The van der Waals surface area contributed by atoms with E-state index in [-0.39, 0.29) is 93.7 Å². The molecule has 0 bridgehead atoms. The molecule has 0 spiro atoms. The van der Waals surface area contributed by atoms with E-state index in [4.69, 9.17) is 20.1 Å². The first kappa shape index (κ1) is 46.5. The zero-order valence-corrected chi connectivity index (χ0v) is 34.4. The average molecular weight is 817 g/mol. The number of ether oxygens (including phenoxy) is 1. The molecule has 0 saturated carbocycles. The second-order valence-corrected chi connectivity index (χ2v) is 16.8. The van der Waals surface area contributed by atoms with Gasteiger partial charge in [-0.2, -0.15) is 0 Å². The van der Waals surface area contributed by atoms with Gasteiger partial charge in [0.05, 0.1) is 54.5 Å². The molecular formula is C36H38B2NNaO14S2. The SMILES string of the molecule is COC(=O)Cc1cc(CC(C)=O)ccc1S(=O)(=O)Cc1ccc2c(c1)B(O)OC2.Nc1ccc(S(=O)(=O)Cc2ccc3c(c2)B(O)OC3)c(CC(=O)O)c1.[Na+].[OH-]. The third kappa shape index (κ3) is 11.6. The molecule has 2 heterocycles. The predicted octanol–water partition coefficient (Wildman–Crippen LogP) is -2.36. The molecule has 6 N–H and O–H groups in total. The zero-order chi connectivity index (χ0) is 39.4. The number of carbonyl (C=O) groups excluding carboxylic acids is 2. The number of carbonyl (C=O) groups is 3. The second kappa shape index (κ2) is 19.5. The molecule has 15 nitrogen and oxygen atoms in total. The number of carboxylic acids is 1. The number of benzene rings is 4. The molecule has 20 heteroatoms. The van der Waals surface area contributed by atoms with Crippen LogP contribution in [0.2, 0.25) is 0 Å². The maximum Gasteiger partial charge on any atom is 1.00 e. The number of aliphatic carboxylic acids is 1. The Labute approximate surface area is 346 Å². The number of nitrogens with two attached hydrogens (primary N) is 1. The maximum absolute atomic E-state index is 13.1. The zero-order valence-electron chi connectivity index (χ0n) is 30.8. The molecule has 4 aromatic rings. The standard InChI is InChI=1S/C20H21BO7S.C16H16BNO6S.Na.H2O/c1-13(22)7-14-4-6-19(17(8-14)10-20(23)27-2)29(25,26)12-15-3-5-16-11-28-21(24)18(16)9-15;18-13-3-4-15(12(6-13)7-16(19)20)25(22,23)9-10-1-2-11-8-24-17(21)14(11)5-10;;/h3-6,8-9,24H,7,10-12H2,1-2H3;1-6,21H,7-9,18H2,(H,19,20);;1H2/q;;+1;/p-1. The summed E-state index contributed by atoms with van der Waals surface area (Å²) < 4.78 is 66.6. The summed E-state index contributed by atoms with van der Waals surface area (Å²) in [7, 11) is -8.47. The molecule has 2 aliphatic rings. The fourth-order valence-corrected chi connectivity index (χ4v) is 9.37. The molecule has 0 unspecified atom stereocenters. The topological polar surface area (TPSA) is 264 Å². The number of ketones is 1. The first-order valence-electron chi connectivity index (χ1n) is 16.5. The normalized spacial score (nSPS) is 13.0. The minimum absolute atomic E-state index is 0. The van der Waals surface area contributed by atoms with E-state index in [1.54, 1.807) is 48.5 Å². The van der Waals surface area contributed by atoms with Crippen LogP contribution in [0.1, 0.15) is 45.9 Å². The van der Waals surface area contributed by atoms with Crippen LogP contribution in [-0.4, -0.2) is 76.5 Å². The van der Waals surface area contributed by atoms with Gasteiger partial charge in [0.2, 0.25) is 0 Å². The minimum Gasteiger partial charge on any atom is -0.870 e. The van der Waals surface area contributed by atoms with Crippen molar-refractivity contribution in [3.63, 3.8) is 0 Å². The number of hydrogen-bond acceptors (Lipinski definition) is 14. The van der Waals surface area contributed by atoms with Gasteiger partial charge in [-0.05, 0) is 81.1 Å². The van der Waals surface area contributed by atoms with Crippen molar-refractivity contribution in [2.75, 3.05) is 12.8 Å². The third-order valence-electron chi connectivity index (χ3n) is 8.70. The van der Waals surface area contributed by atoms with E-state index in [2.05, 4.69) is 4.74 Å². The van der Waals surface area contributed by atoms with Crippen LogP contribution in [-0.2, 0) is 92.1 Å². The summed E-state index contributed by atoms with van der Waals surface area (Å²) in [6, 6.07) is 18.7. The summed E-state index contributed by atoms with van der Waals surface area (Å²) in [5.41, 5.74) is 10.8. The van der Waals surface area contributed by atoms with Crippen LogP contribution in [0.15, 0.2) is 82.6 Å². The fraction of sp³-hybridized carbons (Fsp3) is 0.250. The fourth-order valence-electron chi connectivity index (χ4n) is 6.21. The minimum atomic E-state index is -3.79. The number of rotatable bonds is 12. The van der Waals surface area contributed by atoms with Gasteiger partial charge in [-0.15, -0.1) is 0 Å². The van der Waals surface area contributed by atoms with Crippen molar-refractivity contribution in [2.24, 2.45) is 0 Å². The Morgan fingerprint density at radius 1 is 0.714 bits per heavy atom. The Kier molecular flexibility index (Phi) is 16.2.